The third-order valence-corrected chi connectivity index (χ3v) is 7.72. The van der Waals surface area contributed by atoms with E-state index in [1.165, 1.54) is 32.3 Å². The molecule has 0 saturated heterocycles. The van der Waals surface area contributed by atoms with Crippen molar-refractivity contribution >= 4 is 46.9 Å². The fraction of sp³-hybridized carbons (Fsp3) is 0. The van der Waals surface area contributed by atoms with Crippen molar-refractivity contribution < 1.29 is 0 Å². The molecule has 0 aliphatic carbocycles. The lowest BCUT2D eigenvalue weighted by Crippen LogP contribution is -2.64. The molecule has 0 fully saturated rings. The summed E-state index contributed by atoms with van der Waals surface area (Å²) in [6.45, 7) is 0.311. The van der Waals surface area contributed by atoms with Crippen LogP contribution in [0, 0.1) is 0 Å². The van der Waals surface area contributed by atoms with E-state index >= 15 is 0 Å². The van der Waals surface area contributed by atoms with Crippen LogP contribution in [0.15, 0.2) is 109 Å². The molecule has 122 valence electrons. The summed E-state index contributed by atoms with van der Waals surface area (Å²) in [6.07, 6.45) is 0. The Hall–Kier alpha value is -2.63. The van der Waals surface area contributed by atoms with Crippen LogP contribution in [0.3, 0.4) is 0 Å². The van der Waals surface area contributed by atoms with Crippen LogP contribution in [0.1, 0.15) is 0 Å². The summed E-state index contributed by atoms with van der Waals surface area (Å²) in [5.41, 5.74) is 4.27. The minimum atomic E-state index is -0.516. The summed E-state index contributed by atoms with van der Waals surface area (Å²) >= 11 is 0. The Morgan fingerprint density at radius 3 is 1.50 bits per heavy atom. The second kappa shape index (κ2) is 6.59. The fourth-order valence-corrected chi connectivity index (χ4v) is 6.71. The summed E-state index contributed by atoms with van der Waals surface area (Å²) in [5.74, 6) is 0. The first kappa shape index (κ1) is 15.6. The van der Waals surface area contributed by atoms with E-state index < -0.39 is 7.92 Å². The lowest BCUT2D eigenvalue weighted by molar-refractivity contribution is 1.72. The van der Waals surface area contributed by atoms with E-state index in [4.69, 9.17) is 0 Å². The Balaban J connectivity index is 1.80. The van der Waals surface area contributed by atoms with Gasteiger partial charge in [-0.05, 0) is 23.8 Å². The van der Waals surface area contributed by atoms with Crippen molar-refractivity contribution in [1.29, 1.82) is 0 Å². The Morgan fingerprint density at radius 1 is 0.462 bits per heavy atom. The molecule has 0 nitrogen and oxygen atoms in total. The van der Waals surface area contributed by atoms with Crippen LogP contribution in [0.5, 0.6) is 0 Å². The van der Waals surface area contributed by atoms with Crippen molar-refractivity contribution in [2.24, 2.45) is 0 Å². The normalized spacial score (nSPS) is 13.2. The minimum Gasteiger partial charge on any atom is -0.0686 e. The molecule has 0 amide bonds. The first-order valence-electron chi connectivity index (χ1n) is 9.01. The summed E-state index contributed by atoms with van der Waals surface area (Å²) < 4.78 is 0. The predicted molar refractivity (Wildman–Crippen MR) is 116 cm³/mol. The highest BCUT2D eigenvalue weighted by molar-refractivity contribution is 7.81. The topological polar surface area (TPSA) is 0 Å². The van der Waals surface area contributed by atoms with Crippen molar-refractivity contribution in [3.63, 3.8) is 0 Å². The first-order chi connectivity index (χ1) is 12.9. The van der Waals surface area contributed by atoms with Crippen LogP contribution in [0.25, 0.3) is 0 Å². The Kier molecular flexibility index (Phi) is 3.96. The van der Waals surface area contributed by atoms with Crippen LogP contribution in [-0.2, 0) is 0 Å². The summed E-state index contributed by atoms with van der Waals surface area (Å²) in [4.78, 5) is 0. The molecule has 0 atom stereocenters. The Labute approximate surface area is 156 Å². The van der Waals surface area contributed by atoms with Gasteiger partial charge in [-0.1, -0.05) is 126 Å². The molecule has 0 spiro atoms. The van der Waals surface area contributed by atoms with E-state index in [2.05, 4.69) is 109 Å². The van der Waals surface area contributed by atoms with Gasteiger partial charge in [-0.2, -0.15) is 0 Å². The molecule has 26 heavy (non-hydrogen) atoms. The molecule has 5 rings (SSSR count). The van der Waals surface area contributed by atoms with E-state index in [9.17, 15) is 0 Å². The van der Waals surface area contributed by atoms with Crippen LogP contribution < -0.4 is 32.3 Å². The zero-order valence-corrected chi connectivity index (χ0v) is 15.3. The quantitative estimate of drug-likeness (QED) is 0.339. The third-order valence-electron chi connectivity index (χ3n) is 5.12. The van der Waals surface area contributed by atoms with Crippen molar-refractivity contribution in [3.8, 4) is 0 Å². The van der Waals surface area contributed by atoms with E-state index in [1.807, 2.05) is 0 Å². The van der Waals surface area contributed by atoms with Crippen molar-refractivity contribution in [2.75, 3.05) is 0 Å². The van der Waals surface area contributed by atoms with Gasteiger partial charge in [-0.3, -0.25) is 0 Å². The lowest BCUT2D eigenvalue weighted by Gasteiger charge is -2.33. The molecule has 1 heterocycles. The summed E-state index contributed by atoms with van der Waals surface area (Å²) in [5, 5.41) is 4.40. The maximum atomic E-state index is 2.33. The largest absolute Gasteiger partial charge is 0.242 e. The fourth-order valence-electron chi connectivity index (χ4n) is 4.03. The number of hydrogen-bond acceptors (Lipinski definition) is 0. The molecule has 1 aliphatic heterocycles. The highest BCUT2D eigenvalue weighted by atomic mass is 31.1. The smallest absolute Gasteiger partial charge is 0.0686 e. The van der Waals surface area contributed by atoms with Gasteiger partial charge in [-0.15, -0.1) is 0 Å². The van der Waals surface area contributed by atoms with Crippen LogP contribution in [-0.4, -0.2) is 6.71 Å². The van der Waals surface area contributed by atoms with Gasteiger partial charge in [0, 0.05) is 0 Å². The van der Waals surface area contributed by atoms with Crippen LogP contribution in [0.4, 0.5) is 0 Å². The maximum Gasteiger partial charge on any atom is 0.242 e. The summed E-state index contributed by atoms with van der Waals surface area (Å²) in [6, 6.07) is 39.9. The molecule has 0 saturated carbocycles. The molecule has 4 aromatic carbocycles. The van der Waals surface area contributed by atoms with Gasteiger partial charge in [0.25, 0.3) is 0 Å². The number of rotatable bonds is 2. The zero-order valence-electron chi connectivity index (χ0n) is 14.4. The van der Waals surface area contributed by atoms with Gasteiger partial charge in [0.05, 0.1) is 0 Å². The van der Waals surface area contributed by atoms with Crippen LogP contribution >= 0.6 is 7.92 Å². The van der Waals surface area contributed by atoms with Crippen LogP contribution in [0.2, 0.25) is 0 Å². The van der Waals surface area contributed by atoms with E-state index in [0.29, 0.717) is 6.71 Å². The standard InChI is InChI=1S/C24H18BP/c1-3-11-19(12-4-1)25-21-15-7-9-17-23(21)26(20-13-5-2-6-14-20)24-18-10-8-16-22(24)25/h1-18H. The average molecular weight is 348 g/mol. The van der Waals surface area contributed by atoms with Gasteiger partial charge in [0.15, 0.2) is 0 Å². The lowest BCUT2D eigenvalue weighted by atomic mass is 9.36. The van der Waals surface area contributed by atoms with Gasteiger partial charge in [-0.25, -0.2) is 0 Å². The predicted octanol–water partition coefficient (Wildman–Crippen LogP) is 2.27. The zero-order chi connectivity index (χ0) is 17.3. The molecule has 0 aromatic heterocycles. The van der Waals surface area contributed by atoms with Gasteiger partial charge >= 0.3 is 0 Å². The van der Waals surface area contributed by atoms with E-state index in [0.717, 1.165) is 0 Å². The molecule has 2 heteroatoms. The van der Waals surface area contributed by atoms with Crippen molar-refractivity contribution in [2.45, 2.75) is 0 Å². The maximum absolute atomic E-state index is 2.33. The SMILES string of the molecule is c1ccc(B2c3ccccc3P(c3ccccc3)c3ccccc32)cc1. The molecule has 0 unspecified atom stereocenters. The monoisotopic (exact) mass is 348 g/mol. The molecule has 0 radical (unpaired) electrons. The van der Waals surface area contributed by atoms with Gasteiger partial charge < -0.3 is 0 Å². The van der Waals surface area contributed by atoms with Crippen molar-refractivity contribution in [3.05, 3.63) is 109 Å². The number of fused-ring (bicyclic) bond motifs is 2. The molecular weight excluding hydrogens is 330 g/mol. The highest BCUT2D eigenvalue weighted by Crippen LogP contribution is 2.33. The van der Waals surface area contributed by atoms with E-state index in [-0.39, 0.29) is 0 Å². The molecular formula is C24H18BP. The number of benzene rings is 4. The molecule has 0 bridgehead atoms. The minimum absolute atomic E-state index is 0.311. The molecule has 1 aliphatic rings. The third kappa shape index (κ3) is 2.52. The molecule has 0 N–H and O–H groups in total. The Bertz CT molecular complexity index is 911. The second-order valence-electron chi connectivity index (χ2n) is 6.63. The summed E-state index contributed by atoms with van der Waals surface area (Å²) in [7, 11) is -0.516. The Morgan fingerprint density at radius 2 is 0.923 bits per heavy atom. The van der Waals surface area contributed by atoms with Gasteiger partial charge in [0.1, 0.15) is 0 Å². The van der Waals surface area contributed by atoms with Gasteiger partial charge in [0.2, 0.25) is 6.71 Å². The second-order valence-corrected chi connectivity index (χ2v) is 8.78. The number of hydrogen-bond donors (Lipinski definition) is 0. The first-order valence-corrected chi connectivity index (χ1v) is 10.4. The van der Waals surface area contributed by atoms with E-state index in [1.54, 1.807) is 0 Å². The van der Waals surface area contributed by atoms with Crippen molar-refractivity contribution in [1.82, 2.24) is 0 Å². The average Bonchev–Trinajstić information content (AvgIpc) is 2.73. The highest BCUT2D eigenvalue weighted by Gasteiger charge is 2.35. The molecule has 4 aromatic rings.